The van der Waals surface area contributed by atoms with E-state index in [0.29, 0.717) is 30.0 Å². The lowest BCUT2D eigenvalue weighted by Gasteiger charge is -2.18. The maximum absolute atomic E-state index is 12.7. The molecule has 124 valence electrons. The van der Waals surface area contributed by atoms with Crippen LogP contribution >= 0.6 is 0 Å². The second kappa shape index (κ2) is 6.74. The maximum atomic E-state index is 12.7. The normalized spacial score (nSPS) is 16.9. The summed E-state index contributed by atoms with van der Waals surface area (Å²) in [5, 5.41) is 9.10. The summed E-state index contributed by atoms with van der Waals surface area (Å²) in [7, 11) is 0. The number of aliphatic carboxylic acids is 1. The highest BCUT2D eigenvalue weighted by molar-refractivity contribution is 5.97. The molecule has 1 atom stereocenters. The van der Waals surface area contributed by atoms with E-state index in [9.17, 15) is 9.59 Å². The van der Waals surface area contributed by atoms with Gasteiger partial charge >= 0.3 is 5.97 Å². The lowest BCUT2D eigenvalue weighted by molar-refractivity contribution is -0.141. The van der Waals surface area contributed by atoms with Crippen molar-refractivity contribution in [2.75, 3.05) is 13.1 Å². The van der Waals surface area contributed by atoms with Crippen LogP contribution in [0.4, 0.5) is 0 Å². The molecule has 1 aliphatic heterocycles. The van der Waals surface area contributed by atoms with E-state index in [1.54, 1.807) is 23.1 Å². The zero-order chi connectivity index (χ0) is 17.1. The summed E-state index contributed by atoms with van der Waals surface area (Å²) in [4.78, 5) is 25.4. The molecule has 0 radical (unpaired) electrons. The van der Waals surface area contributed by atoms with Gasteiger partial charge in [0, 0.05) is 13.1 Å². The molecule has 1 amide bonds. The number of likely N-dealkylation sites (tertiary alicyclic amines) is 1. The van der Waals surface area contributed by atoms with Crippen molar-refractivity contribution < 1.29 is 19.4 Å². The van der Waals surface area contributed by atoms with Gasteiger partial charge in [-0.15, -0.1) is 0 Å². The van der Waals surface area contributed by atoms with Gasteiger partial charge in [0.25, 0.3) is 5.91 Å². The van der Waals surface area contributed by atoms with Crippen molar-refractivity contribution >= 4 is 11.9 Å². The maximum Gasteiger partial charge on any atom is 0.308 e. The number of carbonyl (C=O) groups excluding carboxylic acids is 1. The zero-order valence-electron chi connectivity index (χ0n) is 13.4. The summed E-state index contributed by atoms with van der Waals surface area (Å²) >= 11 is 0. The third kappa shape index (κ3) is 3.40. The number of aryl methyl sites for hydroxylation is 1. The minimum atomic E-state index is -0.852. The smallest absolute Gasteiger partial charge is 0.308 e. The van der Waals surface area contributed by atoms with Crippen LogP contribution in [0.15, 0.2) is 48.5 Å². The highest BCUT2D eigenvalue weighted by Crippen LogP contribution is 2.28. The van der Waals surface area contributed by atoms with Crippen LogP contribution in [-0.2, 0) is 4.79 Å². The van der Waals surface area contributed by atoms with E-state index in [2.05, 4.69) is 0 Å². The molecule has 2 aromatic rings. The first kappa shape index (κ1) is 16.1. The number of hydrogen-bond acceptors (Lipinski definition) is 3. The van der Waals surface area contributed by atoms with Crippen LogP contribution in [0.5, 0.6) is 11.5 Å². The van der Waals surface area contributed by atoms with Gasteiger partial charge in [-0.25, -0.2) is 0 Å². The lowest BCUT2D eigenvalue weighted by atomic mass is 10.1. The number of carboxylic acids is 1. The Balaban J connectivity index is 1.81. The Morgan fingerprint density at radius 1 is 1.17 bits per heavy atom. The van der Waals surface area contributed by atoms with Gasteiger partial charge in [-0.1, -0.05) is 24.3 Å². The van der Waals surface area contributed by atoms with E-state index >= 15 is 0 Å². The molecule has 1 N–H and O–H groups in total. The van der Waals surface area contributed by atoms with Gasteiger partial charge in [-0.2, -0.15) is 0 Å². The number of para-hydroxylation sites is 1. The molecule has 0 aromatic heterocycles. The van der Waals surface area contributed by atoms with Crippen LogP contribution in [0.3, 0.4) is 0 Å². The van der Waals surface area contributed by atoms with Crippen molar-refractivity contribution in [2.24, 2.45) is 5.92 Å². The first-order chi connectivity index (χ1) is 11.5. The molecule has 3 rings (SSSR count). The predicted octanol–water partition coefficient (Wildman–Crippen LogP) is 3.33. The second-order valence-corrected chi connectivity index (χ2v) is 5.99. The van der Waals surface area contributed by atoms with Crippen LogP contribution in [0, 0.1) is 12.8 Å². The Morgan fingerprint density at radius 2 is 1.96 bits per heavy atom. The molecule has 0 saturated carbocycles. The Kier molecular flexibility index (Phi) is 4.51. The monoisotopic (exact) mass is 325 g/mol. The topological polar surface area (TPSA) is 66.8 Å². The quantitative estimate of drug-likeness (QED) is 0.936. The molecule has 0 bridgehead atoms. The summed E-state index contributed by atoms with van der Waals surface area (Å²) in [6.45, 7) is 2.67. The van der Waals surface area contributed by atoms with Crippen LogP contribution in [0.25, 0.3) is 0 Å². The van der Waals surface area contributed by atoms with Crippen molar-refractivity contribution in [3.63, 3.8) is 0 Å². The van der Waals surface area contributed by atoms with E-state index in [-0.39, 0.29) is 12.5 Å². The standard InChI is InChI=1S/C19H19NO4/c1-13-5-4-6-15(11-13)24-17-8-3-2-7-16(17)18(21)20-10-9-14(12-20)19(22)23/h2-8,11,14H,9-10,12H2,1H3,(H,22,23). The predicted molar refractivity (Wildman–Crippen MR) is 89.3 cm³/mol. The average Bonchev–Trinajstić information content (AvgIpc) is 3.05. The summed E-state index contributed by atoms with van der Waals surface area (Å²) in [5.74, 6) is -0.387. The molecule has 2 aromatic carbocycles. The van der Waals surface area contributed by atoms with Gasteiger partial charge in [0.1, 0.15) is 11.5 Å². The summed E-state index contributed by atoms with van der Waals surface area (Å²) in [6.07, 6.45) is 0.488. The van der Waals surface area contributed by atoms with Crippen LogP contribution in [-0.4, -0.2) is 35.0 Å². The molecule has 1 unspecified atom stereocenters. The van der Waals surface area contributed by atoms with Gasteiger partial charge < -0.3 is 14.7 Å². The van der Waals surface area contributed by atoms with Crippen molar-refractivity contribution in [3.05, 3.63) is 59.7 Å². The largest absolute Gasteiger partial charge is 0.481 e. The molecule has 24 heavy (non-hydrogen) atoms. The molecule has 1 heterocycles. The zero-order valence-corrected chi connectivity index (χ0v) is 13.4. The van der Waals surface area contributed by atoms with Crippen molar-refractivity contribution in [1.82, 2.24) is 4.90 Å². The molecular weight excluding hydrogens is 306 g/mol. The van der Waals surface area contributed by atoms with Gasteiger partial charge in [0.2, 0.25) is 0 Å². The molecule has 1 aliphatic rings. The van der Waals surface area contributed by atoms with Gasteiger partial charge in [-0.3, -0.25) is 9.59 Å². The molecular formula is C19H19NO4. The van der Waals surface area contributed by atoms with Gasteiger partial charge in [-0.05, 0) is 43.2 Å². The van der Waals surface area contributed by atoms with Crippen LogP contribution in [0.1, 0.15) is 22.3 Å². The second-order valence-electron chi connectivity index (χ2n) is 5.99. The highest BCUT2D eigenvalue weighted by Gasteiger charge is 2.32. The summed E-state index contributed by atoms with van der Waals surface area (Å²) in [6, 6.07) is 14.7. The fraction of sp³-hybridized carbons (Fsp3) is 0.263. The first-order valence-corrected chi connectivity index (χ1v) is 7.90. The average molecular weight is 325 g/mol. The van der Waals surface area contributed by atoms with Gasteiger partial charge in [0.05, 0.1) is 11.5 Å². The van der Waals surface area contributed by atoms with E-state index in [4.69, 9.17) is 9.84 Å². The van der Waals surface area contributed by atoms with Crippen molar-refractivity contribution in [1.29, 1.82) is 0 Å². The molecule has 1 saturated heterocycles. The lowest BCUT2D eigenvalue weighted by Crippen LogP contribution is -2.30. The summed E-state index contributed by atoms with van der Waals surface area (Å²) < 4.78 is 5.88. The Labute approximate surface area is 140 Å². The molecule has 5 heteroatoms. The Morgan fingerprint density at radius 3 is 2.67 bits per heavy atom. The summed E-state index contributed by atoms with van der Waals surface area (Å²) in [5.41, 5.74) is 1.52. The minimum absolute atomic E-state index is 0.193. The van der Waals surface area contributed by atoms with Crippen LogP contribution < -0.4 is 4.74 Å². The third-order valence-electron chi connectivity index (χ3n) is 4.16. The van der Waals surface area contributed by atoms with E-state index in [0.717, 1.165) is 5.56 Å². The fourth-order valence-electron chi connectivity index (χ4n) is 2.85. The van der Waals surface area contributed by atoms with Gasteiger partial charge in [0.15, 0.2) is 0 Å². The Bertz CT molecular complexity index is 771. The third-order valence-corrected chi connectivity index (χ3v) is 4.16. The van der Waals surface area contributed by atoms with Crippen LogP contribution in [0.2, 0.25) is 0 Å². The number of ether oxygens (including phenoxy) is 1. The van der Waals surface area contributed by atoms with Crippen molar-refractivity contribution in [3.8, 4) is 11.5 Å². The highest BCUT2D eigenvalue weighted by atomic mass is 16.5. The first-order valence-electron chi connectivity index (χ1n) is 7.90. The molecule has 5 nitrogen and oxygen atoms in total. The molecule has 1 fully saturated rings. The fourth-order valence-corrected chi connectivity index (χ4v) is 2.85. The number of carboxylic acid groups (broad SMARTS) is 1. The minimum Gasteiger partial charge on any atom is -0.481 e. The number of carbonyl (C=O) groups is 2. The Hall–Kier alpha value is -2.82. The van der Waals surface area contributed by atoms with Crippen molar-refractivity contribution in [2.45, 2.75) is 13.3 Å². The SMILES string of the molecule is Cc1cccc(Oc2ccccc2C(=O)N2CCC(C(=O)O)C2)c1. The van der Waals surface area contributed by atoms with E-state index in [1.165, 1.54) is 0 Å². The number of rotatable bonds is 4. The number of hydrogen-bond donors (Lipinski definition) is 1. The molecule has 0 spiro atoms. The number of amides is 1. The molecule has 0 aliphatic carbocycles. The van der Waals surface area contributed by atoms with E-state index in [1.807, 2.05) is 37.3 Å². The number of benzene rings is 2. The van der Waals surface area contributed by atoms with E-state index < -0.39 is 11.9 Å². The number of nitrogens with zero attached hydrogens (tertiary/aromatic N) is 1.